The quantitative estimate of drug-likeness (QED) is 0.691. The number of rotatable bonds is 5. The zero-order chi connectivity index (χ0) is 11.7. The molecule has 0 aliphatic heterocycles. The highest BCUT2D eigenvalue weighted by atomic mass is 35.5. The highest BCUT2D eigenvalue weighted by Gasteiger charge is 2.57. The molecule has 92 valence electrons. The van der Waals surface area contributed by atoms with Crippen LogP contribution in [-0.2, 0) is 9.53 Å². The maximum Gasteiger partial charge on any atom is 0.226 e. The van der Waals surface area contributed by atoms with E-state index in [0.717, 1.165) is 0 Å². The predicted octanol–water partition coefficient (Wildman–Crippen LogP) is 1.74. The lowest BCUT2D eigenvalue weighted by Gasteiger charge is -2.20. The topological polar surface area (TPSA) is 29.5 Å². The summed E-state index contributed by atoms with van der Waals surface area (Å²) in [5.74, 6) is 1.97. The molecule has 3 atom stereocenters. The van der Waals surface area contributed by atoms with Crippen molar-refractivity contribution in [2.24, 2.45) is 17.8 Å². The van der Waals surface area contributed by atoms with Crippen LogP contribution in [0, 0.1) is 17.8 Å². The molecule has 0 aromatic heterocycles. The summed E-state index contributed by atoms with van der Waals surface area (Å²) in [6.45, 7) is 1.08. The molecular formula is C12H20ClNO2. The number of nitrogens with zero attached hydrogens (tertiary/aromatic N) is 1. The van der Waals surface area contributed by atoms with Gasteiger partial charge in [0.2, 0.25) is 5.91 Å². The van der Waals surface area contributed by atoms with Gasteiger partial charge in [0.25, 0.3) is 0 Å². The summed E-state index contributed by atoms with van der Waals surface area (Å²) in [6, 6.07) is 0. The van der Waals surface area contributed by atoms with E-state index in [4.69, 9.17) is 16.3 Å². The first-order valence-electron chi connectivity index (χ1n) is 6.03. The molecule has 3 nitrogen and oxygen atoms in total. The summed E-state index contributed by atoms with van der Waals surface area (Å²) in [5, 5.41) is -0.0995. The standard InChI is InChI=1S/C12H20ClNO2/c1-14(6-8(13)7-16-2)12(15)11-9-4-3-5-10(9)11/h8-11H,3-7H2,1-2H3. The van der Waals surface area contributed by atoms with E-state index >= 15 is 0 Å². The van der Waals surface area contributed by atoms with Crippen LogP contribution in [0.1, 0.15) is 19.3 Å². The second kappa shape index (κ2) is 4.92. The molecular weight excluding hydrogens is 226 g/mol. The smallest absolute Gasteiger partial charge is 0.226 e. The van der Waals surface area contributed by atoms with Crippen molar-refractivity contribution in [2.45, 2.75) is 24.6 Å². The number of fused-ring (bicyclic) bond motifs is 1. The number of hydrogen-bond acceptors (Lipinski definition) is 2. The van der Waals surface area contributed by atoms with Gasteiger partial charge in [-0.25, -0.2) is 0 Å². The molecule has 0 spiro atoms. The van der Waals surface area contributed by atoms with Crippen molar-refractivity contribution in [1.29, 1.82) is 0 Å². The van der Waals surface area contributed by atoms with Gasteiger partial charge in [0.15, 0.2) is 0 Å². The summed E-state index contributed by atoms with van der Waals surface area (Å²) < 4.78 is 4.97. The molecule has 0 bridgehead atoms. The Kier molecular flexibility index (Phi) is 3.75. The first-order valence-corrected chi connectivity index (χ1v) is 6.46. The normalized spacial score (nSPS) is 33.3. The molecule has 16 heavy (non-hydrogen) atoms. The van der Waals surface area contributed by atoms with Gasteiger partial charge in [-0.1, -0.05) is 6.42 Å². The number of methoxy groups -OCH3 is 1. The van der Waals surface area contributed by atoms with E-state index in [-0.39, 0.29) is 11.3 Å². The Morgan fingerprint density at radius 1 is 1.50 bits per heavy atom. The van der Waals surface area contributed by atoms with Gasteiger partial charge in [0, 0.05) is 26.6 Å². The second-order valence-electron chi connectivity index (χ2n) is 5.06. The van der Waals surface area contributed by atoms with Crippen molar-refractivity contribution in [3.8, 4) is 0 Å². The molecule has 0 saturated heterocycles. The van der Waals surface area contributed by atoms with Gasteiger partial charge in [-0.2, -0.15) is 0 Å². The van der Waals surface area contributed by atoms with Crippen molar-refractivity contribution in [3.63, 3.8) is 0 Å². The second-order valence-corrected chi connectivity index (χ2v) is 5.67. The van der Waals surface area contributed by atoms with Crippen molar-refractivity contribution in [3.05, 3.63) is 0 Å². The third kappa shape index (κ3) is 2.35. The van der Waals surface area contributed by atoms with E-state index in [0.29, 0.717) is 30.9 Å². The molecule has 0 aromatic carbocycles. The number of amides is 1. The van der Waals surface area contributed by atoms with E-state index < -0.39 is 0 Å². The van der Waals surface area contributed by atoms with Crippen LogP contribution in [0.15, 0.2) is 0 Å². The van der Waals surface area contributed by atoms with Gasteiger partial charge >= 0.3 is 0 Å². The van der Waals surface area contributed by atoms with Crippen LogP contribution in [0.5, 0.6) is 0 Å². The number of alkyl halides is 1. The maximum absolute atomic E-state index is 12.1. The lowest BCUT2D eigenvalue weighted by molar-refractivity contribution is -0.132. The Bertz CT molecular complexity index is 262. The molecule has 4 heteroatoms. The van der Waals surface area contributed by atoms with Crippen molar-refractivity contribution >= 4 is 17.5 Å². The summed E-state index contributed by atoms with van der Waals surface area (Å²) in [7, 11) is 3.48. The average Bonchev–Trinajstić information content (AvgIpc) is 2.70. The van der Waals surface area contributed by atoms with Crippen LogP contribution in [0.25, 0.3) is 0 Å². The minimum absolute atomic E-state index is 0.0995. The van der Waals surface area contributed by atoms with E-state index in [1.807, 2.05) is 7.05 Å². The number of carbonyl (C=O) groups excluding carboxylic acids is 1. The molecule has 0 radical (unpaired) electrons. The van der Waals surface area contributed by atoms with Gasteiger partial charge in [-0.05, 0) is 24.7 Å². The minimum Gasteiger partial charge on any atom is -0.383 e. The first-order chi connectivity index (χ1) is 7.65. The molecule has 3 unspecified atom stereocenters. The summed E-state index contributed by atoms with van der Waals surface area (Å²) in [4.78, 5) is 13.9. The van der Waals surface area contributed by atoms with E-state index in [2.05, 4.69) is 0 Å². The number of carbonyl (C=O) groups is 1. The van der Waals surface area contributed by atoms with Gasteiger partial charge in [0.1, 0.15) is 0 Å². The minimum atomic E-state index is -0.0995. The Labute approximate surface area is 102 Å². The van der Waals surface area contributed by atoms with Crippen LogP contribution in [0.2, 0.25) is 0 Å². The van der Waals surface area contributed by atoms with E-state index in [1.54, 1.807) is 12.0 Å². The van der Waals surface area contributed by atoms with Gasteiger partial charge in [0.05, 0.1) is 12.0 Å². The highest BCUT2D eigenvalue weighted by molar-refractivity contribution is 6.21. The lowest BCUT2D eigenvalue weighted by atomic mass is 10.1. The lowest BCUT2D eigenvalue weighted by Crippen LogP contribution is -2.35. The third-order valence-corrected chi connectivity index (χ3v) is 4.15. The van der Waals surface area contributed by atoms with Crippen LogP contribution in [-0.4, -0.2) is 43.5 Å². The van der Waals surface area contributed by atoms with Crippen LogP contribution in [0.3, 0.4) is 0 Å². The molecule has 1 amide bonds. The molecule has 0 aromatic rings. The van der Waals surface area contributed by atoms with Crippen LogP contribution >= 0.6 is 11.6 Å². The zero-order valence-electron chi connectivity index (χ0n) is 9.99. The Morgan fingerprint density at radius 3 is 2.69 bits per heavy atom. The maximum atomic E-state index is 12.1. The number of ether oxygens (including phenoxy) is 1. The first kappa shape index (κ1) is 12.2. The van der Waals surface area contributed by atoms with Crippen LogP contribution < -0.4 is 0 Å². The monoisotopic (exact) mass is 245 g/mol. The molecule has 0 heterocycles. The van der Waals surface area contributed by atoms with Gasteiger partial charge in [-0.3, -0.25) is 4.79 Å². The highest BCUT2D eigenvalue weighted by Crippen LogP contribution is 2.58. The third-order valence-electron chi connectivity index (χ3n) is 3.89. The molecule has 2 saturated carbocycles. The molecule has 2 fully saturated rings. The van der Waals surface area contributed by atoms with Gasteiger partial charge in [-0.15, -0.1) is 11.6 Å². The van der Waals surface area contributed by atoms with E-state index in [1.165, 1.54) is 19.3 Å². The van der Waals surface area contributed by atoms with Crippen LogP contribution in [0.4, 0.5) is 0 Å². The van der Waals surface area contributed by atoms with Crippen molar-refractivity contribution in [1.82, 2.24) is 4.90 Å². The number of hydrogen-bond donors (Lipinski definition) is 0. The fourth-order valence-electron chi connectivity index (χ4n) is 3.06. The fraction of sp³-hybridized carbons (Fsp3) is 0.917. The number of halogens is 1. The summed E-state index contributed by atoms with van der Waals surface area (Å²) in [5.41, 5.74) is 0. The molecule has 2 rings (SSSR count). The molecule has 2 aliphatic carbocycles. The predicted molar refractivity (Wildman–Crippen MR) is 63.5 cm³/mol. The zero-order valence-corrected chi connectivity index (χ0v) is 10.7. The summed E-state index contributed by atoms with van der Waals surface area (Å²) in [6.07, 6.45) is 3.80. The van der Waals surface area contributed by atoms with E-state index in [9.17, 15) is 4.79 Å². The SMILES string of the molecule is COCC(Cl)CN(C)C(=O)C1C2CCCC21. The molecule has 2 aliphatic rings. The Balaban J connectivity index is 1.77. The largest absolute Gasteiger partial charge is 0.383 e. The Morgan fingerprint density at radius 2 is 2.12 bits per heavy atom. The van der Waals surface area contributed by atoms with Crippen molar-refractivity contribution < 1.29 is 9.53 Å². The fourth-order valence-corrected chi connectivity index (χ4v) is 3.40. The summed E-state index contributed by atoms with van der Waals surface area (Å²) >= 11 is 6.05. The van der Waals surface area contributed by atoms with Gasteiger partial charge < -0.3 is 9.64 Å². The van der Waals surface area contributed by atoms with Crippen molar-refractivity contribution in [2.75, 3.05) is 27.3 Å². The molecule has 0 N–H and O–H groups in total. The Hall–Kier alpha value is -0.280. The average molecular weight is 246 g/mol.